The number of fused-ring (bicyclic) bond motifs is 2. The first-order valence-corrected chi connectivity index (χ1v) is 16.9. The molecule has 0 aliphatic carbocycles. The van der Waals surface area contributed by atoms with E-state index in [2.05, 4.69) is 21.2 Å². The maximum Gasteiger partial charge on any atom is 0.264 e. The first kappa shape index (κ1) is 27.7. The smallest absolute Gasteiger partial charge is 0.264 e. The van der Waals surface area contributed by atoms with Crippen LogP contribution < -0.4 is 10.2 Å². The second kappa shape index (κ2) is 10.6. The van der Waals surface area contributed by atoms with Crippen molar-refractivity contribution in [3.05, 3.63) is 94.0 Å². The summed E-state index contributed by atoms with van der Waals surface area (Å²) in [5.41, 5.74) is 1.66. The third-order valence-corrected chi connectivity index (χ3v) is 10.8. The Morgan fingerprint density at radius 3 is 2.56 bits per heavy atom. The summed E-state index contributed by atoms with van der Waals surface area (Å²) in [5, 5.41) is 12.6. The first-order valence-electron chi connectivity index (χ1n) is 13.1. The second-order valence-corrected chi connectivity index (χ2v) is 15.6. The molecule has 2 aliphatic rings. The third kappa shape index (κ3) is 4.97. The van der Waals surface area contributed by atoms with E-state index in [1.807, 2.05) is 67.6 Å². The fourth-order valence-electron chi connectivity index (χ4n) is 6.30. The van der Waals surface area contributed by atoms with Gasteiger partial charge in [0.25, 0.3) is 11.8 Å². The molecule has 0 unspecified atom stereocenters. The molecule has 2 amide bonds. The number of hydrogen-bond donors (Lipinski definition) is 2. The van der Waals surface area contributed by atoms with Crippen molar-refractivity contribution in [2.24, 2.45) is 5.92 Å². The monoisotopic (exact) mass is 610 g/mol. The number of amides is 2. The van der Waals surface area contributed by atoms with Gasteiger partial charge in [0, 0.05) is 39.4 Å². The van der Waals surface area contributed by atoms with Gasteiger partial charge in [0.05, 0.1) is 18.3 Å². The maximum absolute atomic E-state index is 15.7. The fourth-order valence-corrected chi connectivity index (χ4v) is 9.20. The lowest BCUT2D eigenvalue weighted by Gasteiger charge is -2.31. The average molecular weight is 612 g/mol. The Hall–Kier alpha value is -2.85. The molecule has 0 bridgehead atoms. The highest BCUT2D eigenvalue weighted by Crippen LogP contribution is 2.60. The Morgan fingerprint density at radius 2 is 1.87 bits per heavy atom. The normalized spacial score (nSPS) is 24.3. The van der Waals surface area contributed by atoms with Crippen LogP contribution >= 0.6 is 15.9 Å². The summed E-state index contributed by atoms with van der Waals surface area (Å²) in [6.45, 7) is 5.32. The maximum atomic E-state index is 15.7. The second-order valence-electron chi connectivity index (χ2n) is 10.9. The lowest BCUT2D eigenvalue weighted by Crippen LogP contribution is -2.45. The van der Waals surface area contributed by atoms with Gasteiger partial charge in [-0.15, -0.1) is 0 Å². The summed E-state index contributed by atoms with van der Waals surface area (Å²) in [6.07, 6.45) is -0.277. The van der Waals surface area contributed by atoms with Crippen LogP contribution in [0, 0.1) is 5.92 Å². The number of nitrogens with one attached hydrogen (secondary N) is 1. The zero-order valence-electron chi connectivity index (χ0n) is 22.2. The lowest BCUT2D eigenvalue weighted by atomic mass is 9.82. The molecule has 0 saturated carbocycles. The number of aliphatic hydroxyl groups excluding tert-OH is 1. The fraction of sp³-hybridized carbons (Fsp3) is 0.333. The van der Waals surface area contributed by atoms with E-state index in [1.54, 1.807) is 30.1 Å². The number of carbonyl (C=O) groups is 2. The standard InChI is InChI=1S/C30H32BrFN2O4Si/c1-19-27(39(2,3)32)26(14-15-35)38-30(19)24-17-22(31)12-13-25(24)34(29(30)37)18-20-8-7-11-23(16-20)33-28(36)21-9-5-4-6-10-21/h4-13,16-17,19,26-27,35H,14-15,18H2,1-3H3,(H,33,36)/t19-,26+,27-,30+/m1/s1. The van der Waals surface area contributed by atoms with E-state index < -0.39 is 31.6 Å². The topological polar surface area (TPSA) is 78.9 Å². The highest BCUT2D eigenvalue weighted by molar-refractivity contribution is 9.10. The SMILES string of the molecule is C[C@@H]1[C@@H]([Si](C)(C)F)[C@H](CCO)O[C@@]12C(=O)N(Cc1cccc(NC(=O)c3ccccc3)c1)c1ccc(Br)cc12. The van der Waals surface area contributed by atoms with Crippen molar-refractivity contribution in [3.63, 3.8) is 0 Å². The summed E-state index contributed by atoms with van der Waals surface area (Å²) >= 11 is 3.54. The van der Waals surface area contributed by atoms with Gasteiger partial charge in [-0.05, 0) is 67.5 Å². The van der Waals surface area contributed by atoms with Crippen molar-refractivity contribution in [1.29, 1.82) is 0 Å². The number of halogens is 2. The van der Waals surface area contributed by atoms with Crippen LogP contribution in [-0.2, 0) is 21.7 Å². The Labute approximate surface area is 237 Å². The molecule has 9 heteroatoms. The van der Waals surface area contributed by atoms with Gasteiger partial charge < -0.3 is 24.2 Å². The molecule has 204 valence electrons. The van der Waals surface area contributed by atoms with Gasteiger partial charge in [0.2, 0.25) is 8.41 Å². The number of rotatable bonds is 7. The number of carbonyl (C=O) groups excluding carboxylic acids is 2. The van der Waals surface area contributed by atoms with Crippen LogP contribution in [0.25, 0.3) is 0 Å². The molecular formula is C30H32BrFN2O4Si. The molecule has 1 spiro atoms. The van der Waals surface area contributed by atoms with Crippen molar-refractivity contribution >= 4 is 47.5 Å². The summed E-state index contributed by atoms with van der Waals surface area (Å²) < 4.78 is 23.0. The Balaban J connectivity index is 1.48. The molecule has 5 rings (SSSR count). The van der Waals surface area contributed by atoms with Gasteiger partial charge in [0.1, 0.15) is 0 Å². The summed E-state index contributed by atoms with van der Waals surface area (Å²) in [6, 6.07) is 22.0. The minimum absolute atomic E-state index is 0.140. The largest absolute Gasteiger partial charge is 0.396 e. The summed E-state index contributed by atoms with van der Waals surface area (Å²) in [7, 11) is -3.25. The van der Waals surface area contributed by atoms with Crippen LogP contribution in [-0.4, -0.2) is 38.0 Å². The van der Waals surface area contributed by atoms with E-state index >= 15 is 4.11 Å². The van der Waals surface area contributed by atoms with Crippen molar-refractivity contribution in [3.8, 4) is 0 Å². The molecule has 2 N–H and O–H groups in total. The predicted octanol–water partition coefficient (Wildman–Crippen LogP) is 6.41. The number of hydrogen-bond acceptors (Lipinski definition) is 4. The van der Waals surface area contributed by atoms with E-state index in [0.717, 1.165) is 15.7 Å². The Bertz CT molecular complexity index is 1400. The molecule has 0 radical (unpaired) electrons. The van der Waals surface area contributed by atoms with Crippen LogP contribution in [0.4, 0.5) is 15.5 Å². The van der Waals surface area contributed by atoms with Gasteiger partial charge in [-0.1, -0.05) is 53.2 Å². The highest BCUT2D eigenvalue weighted by atomic mass is 79.9. The molecule has 1 saturated heterocycles. The van der Waals surface area contributed by atoms with Gasteiger partial charge in [-0.25, -0.2) is 0 Å². The zero-order valence-corrected chi connectivity index (χ0v) is 24.7. The minimum atomic E-state index is -3.25. The van der Waals surface area contributed by atoms with E-state index in [0.29, 0.717) is 16.8 Å². The minimum Gasteiger partial charge on any atom is -0.396 e. The van der Waals surface area contributed by atoms with E-state index in [-0.39, 0.29) is 31.4 Å². The van der Waals surface area contributed by atoms with Gasteiger partial charge in [0.15, 0.2) is 5.60 Å². The number of nitrogens with zero attached hydrogens (tertiary/aromatic N) is 1. The Kier molecular flexibility index (Phi) is 7.54. The molecular weight excluding hydrogens is 579 g/mol. The number of benzene rings is 3. The molecule has 4 atom stereocenters. The van der Waals surface area contributed by atoms with Gasteiger partial charge in [-0.3, -0.25) is 9.59 Å². The molecule has 39 heavy (non-hydrogen) atoms. The molecule has 1 fully saturated rings. The molecule has 2 aliphatic heterocycles. The van der Waals surface area contributed by atoms with Gasteiger partial charge in [-0.2, -0.15) is 0 Å². The molecule has 3 aromatic rings. The number of anilines is 2. The van der Waals surface area contributed by atoms with Crippen LogP contribution in [0.1, 0.15) is 34.8 Å². The molecule has 6 nitrogen and oxygen atoms in total. The van der Waals surface area contributed by atoms with Gasteiger partial charge >= 0.3 is 0 Å². The third-order valence-electron chi connectivity index (χ3n) is 7.90. The van der Waals surface area contributed by atoms with Crippen LogP contribution in [0.5, 0.6) is 0 Å². The van der Waals surface area contributed by atoms with E-state index in [4.69, 9.17) is 4.74 Å². The quantitative estimate of drug-likeness (QED) is 0.239. The first-order chi connectivity index (χ1) is 18.6. The summed E-state index contributed by atoms with van der Waals surface area (Å²) in [5.74, 6) is -0.862. The van der Waals surface area contributed by atoms with Crippen molar-refractivity contribution < 1.29 is 23.5 Å². The molecule has 2 heterocycles. The Morgan fingerprint density at radius 1 is 1.13 bits per heavy atom. The number of aliphatic hydroxyl groups is 1. The molecule has 0 aromatic heterocycles. The van der Waals surface area contributed by atoms with Crippen LogP contribution in [0.3, 0.4) is 0 Å². The van der Waals surface area contributed by atoms with Crippen molar-refractivity contribution in [1.82, 2.24) is 0 Å². The van der Waals surface area contributed by atoms with Crippen molar-refractivity contribution in [2.75, 3.05) is 16.8 Å². The molecule has 3 aromatic carbocycles. The predicted molar refractivity (Wildman–Crippen MR) is 156 cm³/mol. The summed E-state index contributed by atoms with van der Waals surface area (Å²) in [4.78, 5) is 28.7. The van der Waals surface area contributed by atoms with Crippen molar-refractivity contribution in [2.45, 2.75) is 50.2 Å². The highest BCUT2D eigenvalue weighted by Gasteiger charge is 2.66. The van der Waals surface area contributed by atoms with Crippen LogP contribution in [0.15, 0.2) is 77.3 Å². The van der Waals surface area contributed by atoms with E-state index in [1.165, 1.54) is 0 Å². The number of ether oxygens (including phenoxy) is 1. The van der Waals surface area contributed by atoms with Crippen LogP contribution in [0.2, 0.25) is 18.6 Å². The average Bonchev–Trinajstić information content (AvgIpc) is 3.31. The zero-order chi connectivity index (χ0) is 27.9. The lowest BCUT2D eigenvalue weighted by molar-refractivity contribution is -0.146. The van der Waals surface area contributed by atoms with E-state index in [9.17, 15) is 14.7 Å².